The highest BCUT2D eigenvalue weighted by Crippen LogP contribution is 2.36. The van der Waals surface area contributed by atoms with Crippen LogP contribution in [0.2, 0.25) is 5.02 Å². The zero-order valence-corrected chi connectivity index (χ0v) is 19.3. The lowest BCUT2D eigenvalue weighted by Crippen LogP contribution is -2.41. The van der Waals surface area contributed by atoms with Crippen molar-refractivity contribution >= 4 is 34.9 Å². The SMILES string of the molecule is O=C(NCCN(C(=O)Nc1ccc(Cl)cc1)c1ccc(F)cc1)c1cc(C(F)(F)F)cc(C(F)(F)F)c1. The molecule has 0 fully saturated rings. The Morgan fingerprint density at radius 2 is 1.35 bits per heavy atom. The van der Waals surface area contributed by atoms with Crippen LogP contribution < -0.4 is 15.5 Å². The molecular weight excluding hydrogens is 531 g/mol. The third-order valence-corrected chi connectivity index (χ3v) is 5.20. The number of alkyl halides is 6. The van der Waals surface area contributed by atoms with Gasteiger partial charge in [-0.15, -0.1) is 0 Å². The minimum Gasteiger partial charge on any atom is -0.350 e. The van der Waals surface area contributed by atoms with Crippen molar-refractivity contribution in [1.29, 1.82) is 0 Å². The number of urea groups is 1. The van der Waals surface area contributed by atoms with E-state index in [4.69, 9.17) is 11.6 Å². The van der Waals surface area contributed by atoms with Crippen molar-refractivity contribution in [3.05, 3.63) is 94.3 Å². The lowest BCUT2D eigenvalue weighted by molar-refractivity contribution is -0.143. The molecule has 13 heteroatoms. The van der Waals surface area contributed by atoms with Crippen molar-refractivity contribution in [2.24, 2.45) is 0 Å². The molecule has 2 N–H and O–H groups in total. The van der Waals surface area contributed by atoms with Gasteiger partial charge in [0.2, 0.25) is 0 Å². The van der Waals surface area contributed by atoms with Gasteiger partial charge < -0.3 is 10.6 Å². The lowest BCUT2D eigenvalue weighted by Gasteiger charge is -2.23. The number of rotatable bonds is 6. The molecule has 0 unspecified atom stereocenters. The first-order valence-corrected chi connectivity index (χ1v) is 10.8. The zero-order valence-electron chi connectivity index (χ0n) is 18.6. The van der Waals surface area contributed by atoms with E-state index in [0.29, 0.717) is 22.8 Å². The summed E-state index contributed by atoms with van der Waals surface area (Å²) in [6.45, 7) is -0.621. The Labute approximate surface area is 210 Å². The molecule has 3 amide bonds. The van der Waals surface area contributed by atoms with Crippen molar-refractivity contribution < 1.29 is 40.3 Å². The highest BCUT2D eigenvalue weighted by Gasteiger charge is 2.37. The summed E-state index contributed by atoms with van der Waals surface area (Å²) in [4.78, 5) is 26.4. The molecule has 0 aliphatic rings. The standard InChI is InChI=1S/C24H17ClF7N3O2/c25-17-1-5-19(6-2-17)34-22(37)35(20-7-3-18(26)4-8-20)10-9-33-21(36)14-11-15(23(27,28)29)13-16(12-14)24(30,31)32/h1-8,11-13H,9-10H2,(H,33,36)(H,34,37). The van der Waals surface area contributed by atoms with Gasteiger partial charge in [0.05, 0.1) is 11.1 Å². The van der Waals surface area contributed by atoms with Gasteiger partial charge in [0.15, 0.2) is 0 Å². The maximum Gasteiger partial charge on any atom is 0.416 e. The second kappa shape index (κ2) is 11.1. The van der Waals surface area contributed by atoms with E-state index in [9.17, 15) is 40.3 Å². The van der Waals surface area contributed by atoms with Gasteiger partial charge in [-0.1, -0.05) is 11.6 Å². The average molecular weight is 548 g/mol. The summed E-state index contributed by atoms with van der Waals surface area (Å²) in [5, 5.41) is 5.20. The summed E-state index contributed by atoms with van der Waals surface area (Å²) >= 11 is 5.82. The molecule has 5 nitrogen and oxygen atoms in total. The number of halogens is 8. The van der Waals surface area contributed by atoms with E-state index in [1.54, 1.807) is 0 Å². The summed E-state index contributed by atoms with van der Waals surface area (Å²) in [5.74, 6) is -1.80. The van der Waals surface area contributed by atoms with Gasteiger partial charge in [-0.3, -0.25) is 9.69 Å². The van der Waals surface area contributed by atoms with Crippen molar-refractivity contribution in [2.75, 3.05) is 23.3 Å². The quantitative estimate of drug-likeness (QED) is 0.327. The van der Waals surface area contributed by atoms with Crippen LogP contribution in [0.1, 0.15) is 21.5 Å². The van der Waals surface area contributed by atoms with Crippen LogP contribution in [0.5, 0.6) is 0 Å². The van der Waals surface area contributed by atoms with Crippen molar-refractivity contribution in [3.8, 4) is 0 Å². The van der Waals surface area contributed by atoms with Crippen molar-refractivity contribution in [2.45, 2.75) is 12.4 Å². The van der Waals surface area contributed by atoms with Crippen LogP contribution in [0.25, 0.3) is 0 Å². The van der Waals surface area contributed by atoms with Crippen LogP contribution in [-0.4, -0.2) is 25.0 Å². The third-order valence-electron chi connectivity index (χ3n) is 4.95. The number of benzene rings is 3. The Morgan fingerprint density at radius 3 is 1.86 bits per heavy atom. The van der Waals surface area contributed by atoms with Crippen LogP contribution in [-0.2, 0) is 12.4 Å². The predicted octanol–water partition coefficient (Wildman–Crippen LogP) is 6.99. The number of nitrogens with zero attached hydrogens (tertiary/aromatic N) is 1. The molecule has 0 bridgehead atoms. The van der Waals surface area contributed by atoms with Crippen LogP contribution in [0.4, 0.5) is 46.9 Å². The summed E-state index contributed by atoms with van der Waals surface area (Å²) in [6, 6.07) is 10.6. The second-order valence-corrected chi connectivity index (χ2v) is 8.05. The minimum absolute atomic E-state index is 0.0891. The summed E-state index contributed by atoms with van der Waals surface area (Å²) in [6.07, 6.45) is -10.2. The largest absolute Gasteiger partial charge is 0.416 e. The van der Waals surface area contributed by atoms with Crippen LogP contribution >= 0.6 is 11.6 Å². The Bertz CT molecular complexity index is 1230. The second-order valence-electron chi connectivity index (χ2n) is 7.62. The number of carbonyl (C=O) groups is 2. The van der Waals surface area contributed by atoms with E-state index in [1.165, 1.54) is 36.4 Å². The van der Waals surface area contributed by atoms with Gasteiger partial charge in [0.25, 0.3) is 5.91 Å². The van der Waals surface area contributed by atoms with Gasteiger partial charge in [0.1, 0.15) is 5.82 Å². The normalized spacial score (nSPS) is 11.7. The first-order chi connectivity index (χ1) is 17.2. The number of anilines is 2. The molecule has 0 radical (unpaired) electrons. The zero-order chi connectivity index (χ0) is 27.4. The van der Waals surface area contributed by atoms with Gasteiger partial charge in [-0.05, 0) is 66.7 Å². The fraction of sp³-hybridized carbons (Fsp3) is 0.167. The summed E-state index contributed by atoms with van der Waals surface area (Å²) < 4.78 is 91.8. The Kier molecular flexibility index (Phi) is 8.32. The topological polar surface area (TPSA) is 61.4 Å². The number of hydrogen-bond donors (Lipinski definition) is 2. The summed E-state index contributed by atoms with van der Waals surface area (Å²) in [7, 11) is 0. The molecule has 0 saturated heterocycles. The molecule has 3 aromatic carbocycles. The molecule has 0 heterocycles. The Balaban J connectivity index is 1.78. The maximum absolute atomic E-state index is 13.4. The minimum atomic E-state index is -5.12. The van der Waals surface area contributed by atoms with E-state index in [1.807, 2.05) is 0 Å². The Hall–Kier alpha value is -3.80. The first kappa shape index (κ1) is 27.8. The fourth-order valence-corrected chi connectivity index (χ4v) is 3.29. The van der Waals surface area contributed by atoms with Crippen LogP contribution in [0.3, 0.4) is 0 Å². The number of hydrogen-bond acceptors (Lipinski definition) is 2. The smallest absolute Gasteiger partial charge is 0.350 e. The van der Waals surface area contributed by atoms with E-state index in [-0.39, 0.29) is 24.8 Å². The molecule has 3 aromatic rings. The average Bonchev–Trinajstić information content (AvgIpc) is 2.82. The maximum atomic E-state index is 13.4. The van der Waals surface area contributed by atoms with Gasteiger partial charge in [-0.2, -0.15) is 26.3 Å². The van der Waals surface area contributed by atoms with Gasteiger partial charge in [0, 0.05) is 35.1 Å². The molecule has 0 spiro atoms. The van der Waals surface area contributed by atoms with Crippen LogP contribution in [0.15, 0.2) is 66.7 Å². The number of carbonyl (C=O) groups excluding carboxylic acids is 2. The lowest BCUT2D eigenvalue weighted by atomic mass is 10.0. The third kappa shape index (κ3) is 7.59. The molecule has 0 aliphatic carbocycles. The molecule has 0 atom stereocenters. The predicted molar refractivity (Wildman–Crippen MR) is 123 cm³/mol. The van der Waals surface area contributed by atoms with Crippen molar-refractivity contribution in [3.63, 3.8) is 0 Å². The van der Waals surface area contributed by atoms with E-state index < -0.39 is 46.8 Å². The summed E-state index contributed by atoms with van der Waals surface area (Å²) in [5.41, 5.74) is -3.57. The molecule has 0 aromatic heterocycles. The highest BCUT2D eigenvalue weighted by atomic mass is 35.5. The van der Waals surface area contributed by atoms with E-state index in [2.05, 4.69) is 10.6 Å². The van der Waals surface area contributed by atoms with E-state index in [0.717, 1.165) is 17.0 Å². The molecular formula is C24H17ClF7N3O2. The molecule has 3 rings (SSSR count). The highest BCUT2D eigenvalue weighted by molar-refractivity contribution is 6.30. The monoisotopic (exact) mass is 547 g/mol. The number of amides is 3. The Morgan fingerprint density at radius 1 is 0.811 bits per heavy atom. The first-order valence-electron chi connectivity index (χ1n) is 10.4. The fourth-order valence-electron chi connectivity index (χ4n) is 3.16. The van der Waals surface area contributed by atoms with Crippen molar-refractivity contribution in [1.82, 2.24) is 5.32 Å². The van der Waals surface area contributed by atoms with Crippen LogP contribution in [0, 0.1) is 5.82 Å². The van der Waals surface area contributed by atoms with Gasteiger partial charge >= 0.3 is 18.4 Å². The van der Waals surface area contributed by atoms with Gasteiger partial charge in [-0.25, -0.2) is 9.18 Å². The van der Waals surface area contributed by atoms with E-state index >= 15 is 0 Å². The molecule has 0 saturated carbocycles. The molecule has 196 valence electrons. The molecule has 0 aliphatic heterocycles. The number of nitrogens with one attached hydrogen (secondary N) is 2. The molecule has 37 heavy (non-hydrogen) atoms.